The molecule has 1 amide bonds. The van der Waals surface area contributed by atoms with Gasteiger partial charge in [0.05, 0.1) is 11.2 Å². The number of aromatic nitrogens is 3. The molecule has 0 radical (unpaired) electrons. The number of nitrogens with zero attached hydrogens (tertiary/aromatic N) is 3. The molecule has 0 unspecified atom stereocenters. The summed E-state index contributed by atoms with van der Waals surface area (Å²) in [5, 5.41) is 6.08. The Kier molecular flexibility index (Phi) is 4.79. The Bertz CT molecular complexity index is 900. The van der Waals surface area contributed by atoms with E-state index in [0.29, 0.717) is 12.1 Å². The molecule has 7 nitrogen and oxygen atoms in total. The Labute approximate surface area is 151 Å². The molecule has 1 aliphatic heterocycles. The number of imidazole rings is 1. The van der Waals surface area contributed by atoms with Crippen LogP contribution in [0.25, 0.3) is 22.4 Å². The largest absolute Gasteiger partial charge is 0.369 e. The zero-order chi connectivity index (χ0) is 17.8. The molecule has 26 heavy (non-hydrogen) atoms. The minimum absolute atomic E-state index is 0.665. The molecular formula is C19H22N6O. The summed E-state index contributed by atoms with van der Waals surface area (Å²) in [5.74, 6) is 1.60. The van der Waals surface area contributed by atoms with Crippen LogP contribution >= 0.6 is 0 Å². The predicted molar refractivity (Wildman–Crippen MR) is 103 cm³/mol. The van der Waals surface area contributed by atoms with E-state index in [1.54, 1.807) is 6.20 Å². The fourth-order valence-corrected chi connectivity index (χ4v) is 3.37. The van der Waals surface area contributed by atoms with Gasteiger partial charge in [0.15, 0.2) is 0 Å². The highest BCUT2D eigenvalue weighted by Gasteiger charge is 2.11. The van der Waals surface area contributed by atoms with E-state index in [9.17, 15) is 4.79 Å². The van der Waals surface area contributed by atoms with E-state index in [1.807, 2.05) is 30.3 Å². The normalized spacial score (nSPS) is 14.6. The van der Waals surface area contributed by atoms with Gasteiger partial charge in [-0.3, -0.25) is 4.79 Å². The summed E-state index contributed by atoms with van der Waals surface area (Å²) in [4.78, 5) is 25.6. The summed E-state index contributed by atoms with van der Waals surface area (Å²) in [6.45, 7) is 4.32. The van der Waals surface area contributed by atoms with Crippen LogP contribution in [0.3, 0.4) is 0 Å². The monoisotopic (exact) mass is 350 g/mol. The SMILES string of the molecule is O=CNc1cccc2[nH]c(-c3ccnc(NCCN4CCCC4)c3)nc12. The Morgan fingerprint density at radius 2 is 2.12 bits per heavy atom. The molecule has 0 saturated carbocycles. The summed E-state index contributed by atoms with van der Waals surface area (Å²) in [5.41, 5.74) is 3.28. The number of para-hydroxylation sites is 1. The molecule has 0 spiro atoms. The summed E-state index contributed by atoms with van der Waals surface area (Å²) < 4.78 is 0. The Morgan fingerprint density at radius 3 is 2.96 bits per heavy atom. The number of H-pyrrole nitrogens is 1. The van der Waals surface area contributed by atoms with Crippen LogP contribution in [0.1, 0.15) is 12.8 Å². The van der Waals surface area contributed by atoms with E-state index in [1.165, 1.54) is 25.9 Å². The van der Waals surface area contributed by atoms with Gasteiger partial charge in [0.25, 0.3) is 0 Å². The van der Waals surface area contributed by atoms with Gasteiger partial charge in [0, 0.05) is 24.8 Å². The molecule has 1 aromatic carbocycles. The van der Waals surface area contributed by atoms with Gasteiger partial charge < -0.3 is 20.5 Å². The molecular weight excluding hydrogens is 328 g/mol. The smallest absolute Gasteiger partial charge is 0.211 e. The van der Waals surface area contributed by atoms with Crippen LogP contribution in [-0.4, -0.2) is 52.4 Å². The summed E-state index contributed by atoms with van der Waals surface area (Å²) >= 11 is 0. The Hall–Kier alpha value is -2.93. The van der Waals surface area contributed by atoms with E-state index >= 15 is 0 Å². The van der Waals surface area contributed by atoms with Gasteiger partial charge in [0.2, 0.25) is 6.41 Å². The lowest BCUT2D eigenvalue weighted by Crippen LogP contribution is -2.26. The van der Waals surface area contributed by atoms with Crippen molar-refractivity contribution in [2.24, 2.45) is 0 Å². The average Bonchev–Trinajstić information content (AvgIpc) is 3.32. The summed E-state index contributed by atoms with van der Waals surface area (Å²) in [6.07, 6.45) is 5.06. The van der Waals surface area contributed by atoms with E-state index in [2.05, 4.69) is 30.5 Å². The van der Waals surface area contributed by atoms with Gasteiger partial charge >= 0.3 is 0 Å². The molecule has 1 fully saturated rings. The van der Waals surface area contributed by atoms with Crippen molar-refractivity contribution in [3.8, 4) is 11.4 Å². The van der Waals surface area contributed by atoms with Crippen LogP contribution in [-0.2, 0) is 4.79 Å². The van der Waals surface area contributed by atoms with Crippen LogP contribution in [0.2, 0.25) is 0 Å². The first-order valence-corrected chi connectivity index (χ1v) is 8.95. The van der Waals surface area contributed by atoms with E-state index in [0.717, 1.165) is 41.3 Å². The number of hydrogen-bond donors (Lipinski definition) is 3. The first-order valence-electron chi connectivity index (χ1n) is 8.95. The molecule has 0 atom stereocenters. The first-order chi connectivity index (χ1) is 12.8. The number of anilines is 2. The van der Waals surface area contributed by atoms with Crippen LogP contribution in [0.5, 0.6) is 0 Å². The topological polar surface area (TPSA) is 85.9 Å². The minimum atomic E-state index is 0.665. The number of carbonyl (C=O) groups is 1. The van der Waals surface area contributed by atoms with E-state index in [-0.39, 0.29) is 0 Å². The van der Waals surface area contributed by atoms with Gasteiger partial charge in [-0.25, -0.2) is 9.97 Å². The highest BCUT2D eigenvalue weighted by molar-refractivity contribution is 5.94. The van der Waals surface area contributed by atoms with Crippen molar-refractivity contribution in [3.05, 3.63) is 36.5 Å². The van der Waals surface area contributed by atoms with Crippen molar-refractivity contribution >= 4 is 28.9 Å². The van der Waals surface area contributed by atoms with Crippen LogP contribution in [0.4, 0.5) is 11.5 Å². The number of hydrogen-bond acceptors (Lipinski definition) is 5. The number of pyridine rings is 1. The molecule has 1 saturated heterocycles. The fourth-order valence-electron chi connectivity index (χ4n) is 3.37. The van der Waals surface area contributed by atoms with Gasteiger partial charge in [-0.05, 0) is 50.2 Å². The van der Waals surface area contributed by atoms with Crippen molar-refractivity contribution in [2.45, 2.75) is 12.8 Å². The third kappa shape index (κ3) is 3.52. The molecule has 3 N–H and O–H groups in total. The molecule has 3 aromatic rings. The highest BCUT2D eigenvalue weighted by atomic mass is 16.1. The summed E-state index contributed by atoms with van der Waals surface area (Å²) in [7, 11) is 0. The van der Waals surface area contributed by atoms with Crippen molar-refractivity contribution < 1.29 is 4.79 Å². The number of benzene rings is 1. The van der Waals surface area contributed by atoms with Gasteiger partial charge in [-0.2, -0.15) is 0 Å². The number of carbonyl (C=O) groups excluding carboxylic acids is 1. The Morgan fingerprint density at radius 1 is 1.23 bits per heavy atom. The predicted octanol–water partition coefficient (Wildman–Crippen LogP) is 2.70. The highest BCUT2D eigenvalue weighted by Crippen LogP contribution is 2.26. The first kappa shape index (κ1) is 16.5. The maximum Gasteiger partial charge on any atom is 0.211 e. The lowest BCUT2D eigenvalue weighted by atomic mass is 10.2. The lowest BCUT2D eigenvalue weighted by Gasteiger charge is -2.15. The number of aromatic amines is 1. The minimum Gasteiger partial charge on any atom is -0.369 e. The molecule has 3 heterocycles. The van der Waals surface area contributed by atoms with Crippen molar-refractivity contribution in [3.63, 3.8) is 0 Å². The molecule has 0 bridgehead atoms. The molecule has 7 heteroatoms. The second kappa shape index (κ2) is 7.53. The zero-order valence-corrected chi connectivity index (χ0v) is 14.5. The average molecular weight is 350 g/mol. The van der Waals surface area contributed by atoms with Gasteiger partial charge in [-0.1, -0.05) is 6.07 Å². The standard InChI is InChI=1S/C19H22N6O/c26-13-22-15-4-3-5-16-18(15)24-19(23-16)14-6-7-20-17(12-14)21-8-11-25-9-1-2-10-25/h3-7,12-13H,1-2,8-11H2,(H,20,21)(H,22,26)(H,23,24). The third-order valence-corrected chi connectivity index (χ3v) is 4.69. The molecule has 2 aromatic heterocycles. The van der Waals surface area contributed by atoms with Crippen molar-refractivity contribution in [1.29, 1.82) is 0 Å². The second-order valence-corrected chi connectivity index (χ2v) is 6.45. The lowest BCUT2D eigenvalue weighted by molar-refractivity contribution is -0.105. The summed E-state index contributed by atoms with van der Waals surface area (Å²) in [6, 6.07) is 9.58. The van der Waals surface area contributed by atoms with Crippen molar-refractivity contribution in [2.75, 3.05) is 36.8 Å². The number of likely N-dealkylation sites (tertiary alicyclic amines) is 1. The third-order valence-electron chi connectivity index (χ3n) is 4.69. The molecule has 0 aliphatic carbocycles. The van der Waals surface area contributed by atoms with Gasteiger partial charge in [0.1, 0.15) is 17.2 Å². The molecule has 1 aliphatic rings. The number of amides is 1. The molecule has 4 rings (SSSR count). The maximum atomic E-state index is 10.8. The number of fused-ring (bicyclic) bond motifs is 1. The number of nitrogens with one attached hydrogen (secondary N) is 3. The van der Waals surface area contributed by atoms with E-state index < -0.39 is 0 Å². The van der Waals surface area contributed by atoms with Crippen LogP contribution in [0.15, 0.2) is 36.5 Å². The quantitative estimate of drug-likeness (QED) is 0.571. The van der Waals surface area contributed by atoms with Gasteiger partial charge in [-0.15, -0.1) is 0 Å². The second-order valence-electron chi connectivity index (χ2n) is 6.45. The zero-order valence-electron chi connectivity index (χ0n) is 14.5. The fraction of sp³-hybridized carbons (Fsp3) is 0.316. The van der Waals surface area contributed by atoms with E-state index in [4.69, 9.17) is 0 Å². The Balaban J connectivity index is 1.51. The number of rotatable bonds is 7. The van der Waals surface area contributed by atoms with Crippen LogP contribution in [0, 0.1) is 0 Å². The maximum absolute atomic E-state index is 10.8. The van der Waals surface area contributed by atoms with Crippen LogP contribution < -0.4 is 10.6 Å². The molecule has 134 valence electrons. The van der Waals surface area contributed by atoms with Crippen molar-refractivity contribution in [1.82, 2.24) is 19.9 Å².